The van der Waals surface area contributed by atoms with E-state index >= 15 is 0 Å². The number of hydrogen-bond donors (Lipinski definition) is 3. The molecule has 188 valence electrons. The largest absolute Gasteiger partial charge is 0.481 e. The summed E-state index contributed by atoms with van der Waals surface area (Å²) < 4.78 is 1.63. The predicted molar refractivity (Wildman–Crippen MR) is 134 cm³/mol. The summed E-state index contributed by atoms with van der Waals surface area (Å²) in [6.45, 7) is 4.21. The molecule has 3 amide bonds. The molecular weight excluding hydrogens is 460 g/mol. The van der Waals surface area contributed by atoms with Crippen molar-refractivity contribution in [3.63, 3.8) is 0 Å². The highest BCUT2D eigenvalue weighted by molar-refractivity contribution is 5.99. The van der Waals surface area contributed by atoms with E-state index in [1.54, 1.807) is 55.2 Å². The van der Waals surface area contributed by atoms with E-state index in [0.29, 0.717) is 18.1 Å². The van der Waals surface area contributed by atoms with Gasteiger partial charge in [0.25, 0.3) is 0 Å². The second-order valence-electron chi connectivity index (χ2n) is 9.55. The number of aromatic nitrogens is 3. The first kappa shape index (κ1) is 24.9. The summed E-state index contributed by atoms with van der Waals surface area (Å²) in [7, 11) is 0. The van der Waals surface area contributed by atoms with Crippen molar-refractivity contribution < 1.29 is 19.5 Å². The number of carbonyl (C=O) groups excluding carboxylic acids is 2. The molecule has 1 aliphatic heterocycles. The number of benzene rings is 1. The summed E-state index contributed by atoms with van der Waals surface area (Å²) in [5.74, 6) is -0.528. The number of likely N-dealkylation sites (tertiary alicyclic amines) is 1. The van der Waals surface area contributed by atoms with Crippen LogP contribution in [-0.4, -0.2) is 49.2 Å². The Morgan fingerprint density at radius 2 is 1.86 bits per heavy atom. The number of amides is 3. The summed E-state index contributed by atoms with van der Waals surface area (Å²) in [4.78, 5) is 42.8. The van der Waals surface area contributed by atoms with Crippen molar-refractivity contribution in [1.29, 1.82) is 0 Å². The standard InChI is InChI=1S/C26H30N6O4/c1-26(2,24(34)35)17-31-14-12-20(30-31)21-9-6-13-32(21)23(33)15-18-10-11-22(27-16-18)29-25(36)28-19-7-4-3-5-8-19/h3-5,7-8,10-12,14,16,21H,6,9,13,15,17H2,1-2H3,(H,34,35)(H2,27,28,29,36). The van der Waals surface area contributed by atoms with Crippen molar-refractivity contribution in [1.82, 2.24) is 19.7 Å². The van der Waals surface area contributed by atoms with Gasteiger partial charge in [0.1, 0.15) is 5.82 Å². The van der Waals surface area contributed by atoms with Crippen molar-refractivity contribution >= 4 is 29.4 Å². The summed E-state index contributed by atoms with van der Waals surface area (Å²) in [6, 6.07) is 13.9. The van der Waals surface area contributed by atoms with E-state index < -0.39 is 17.4 Å². The molecule has 3 heterocycles. The maximum absolute atomic E-state index is 13.1. The van der Waals surface area contributed by atoms with Gasteiger partial charge < -0.3 is 15.3 Å². The molecule has 1 unspecified atom stereocenters. The minimum absolute atomic E-state index is 0.0257. The Kier molecular flexibility index (Phi) is 7.33. The Labute approximate surface area is 209 Å². The van der Waals surface area contributed by atoms with Crippen LogP contribution in [0.2, 0.25) is 0 Å². The van der Waals surface area contributed by atoms with E-state index in [-0.39, 0.29) is 24.9 Å². The van der Waals surface area contributed by atoms with Crippen molar-refractivity contribution in [3.8, 4) is 0 Å². The minimum atomic E-state index is -0.940. The van der Waals surface area contributed by atoms with E-state index in [9.17, 15) is 19.5 Å². The summed E-state index contributed by atoms with van der Waals surface area (Å²) in [6.07, 6.45) is 5.23. The lowest BCUT2D eigenvalue weighted by atomic mass is 9.94. The zero-order valence-electron chi connectivity index (χ0n) is 20.3. The lowest BCUT2D eigenvalue weighted by molar-refractivity contribution is -0.147. The number of para-hydroxylation sites is 1. The van der Waals surface area contributed by atoms with Gasteiger partial charge in [0, 0.05) is 24.6 Å². The molecular formula is C26H30N6O4. The molecule has 10 heteroatoms. The Morgan fingerprint density at radius 1 is 1.08 bits per heavy atom. The molecule has 1 saturated heterocycles. The molecule has 0 saturated carbocycles. The first-order valence-corrected chi connectivity index (χ1v) is 11.9. The molecule has 2 aromatic heterocycles. The van der Waals surface area contributed by atoms with Crippen LogP contribution < -0.4 is 10.6 Å². The number of carbonyl (C=O) groups is 3. The zero-order valence-corrected chi connectivity index (χ0v) is 20.3. The minimum Gasteiger partial charge on any atom is -0.481 e. The van der Waals surface area contributed by atoms with Crippen LogP contribution in [0.4, 0.5) is 16.3 Å². The maximum Gasteiger partial charge on any atom is 0.324 e. The second-order valence-corrected chi connectivity index (χ2v) is 9.55. The van der Waals surface area contributed by atoms with Crippen LogP contribution in [0, 0.1) is 5.41 Å². The van der Waals surface area contributed by atoms with Gasteiger partial charge in [-0.1, -0.05) is 24.3 Å². The summed E-state index contributed by atoms with van der Waals surface area (Å²) in [5.41, 5.74) is 1.25. The van der Waals surface area contributed by atoms with Gasteiger partial charge in [-0.05, 0) is 56.5 Å². The smallest absolute Gasteiger partial charge is 0.324 e. The van der Waals surface area contributed by atoms with Gasteiger partial charge in [0.15, 0.2) is 0 Å². The Morgan fingerprint density at radius 3 is 2.56 bits per heavy atom. The van der Waals surface area contributed by atoms with E-state index in [1.807, 2.05) is 29.2 Å². The van der Waals surface area contributed by atoms with Crippen LogP contribution in [0.25, 0.3) is 0 Å². The van der Waals surface area contributed by atoms with E-state index in [0.717, 1.165) is 24.1 Å². The molecule has 36 heavy (non-hydrogen) atoms. The van der Waals surface area contributed by atoms with E-state index in [1.165, 1.54) is 0 Å². The van der Waals surface area contributed by atoms with Crippen LogP contribution >= 0.6 is 0 Å². The summed E-state index contributed by atoms with van der Waals surface area (Å²) in [5, 5.41) is 19.3. The van der Waals surface area contributed by atoms with Crippen LogP contribution in [-0.2, 0) is 22.6 Å². The fourth-order valence-electron chi connectivity index (χ4n) is 4.17. The Hall–Kier alpha value is -4.21. The fourth-order valence-corrected chi connectivity index (χ4v) is 4.17. The van der Waals surface area contributed by atoms with E-state index in [4.69, 9.17) is 0 Å². The second kappa shape index (κ2) is 10.6. The molecule has 0 radical (unpaired) electrons. The first-order valence-electron chi connectivity index (χ1n) is 11.9. The molecule has 1 aliphatic rings. The third-order valence-electron chi connectivity index (χ3n) is 6.17. The molecule has 0 bridgehead atoms. The fraction of sp³-hybridized carbons (Fsp3) is 0.346. The van der Waals surface area contributed by atoms with Gasteiger partial charge in [-0.25, -0.2) is 9.78 Å². The van der Waals surface area contributed by atoms with Crippen LogP contribution in [0.3, 0.4) is 0 Å². The van der Waals surface area contributed by atoms with E-state index in [2.05, 4.69) is 20.7 Å². The monoisotopic (exact) mass is 490 g/mol. The van der Waals surface area contributed by atoms with Gasteiger partial charge in [-0.15, -0.1) is 0 Å². The number of nitrogens with one attached hydrogen (secondary N) is 2. The molecule has 0 spiro atoms. The molecule has 1 aromatic carbocycles. The normalized spacial score (nSPS) is 15.5. The number of anilines is 2. The predicted octanol–water partition coefficient (Wildman–Crippen LogP) is 3.94. The van der Waals surface area contributed by atoms with Gasteiger partial charge in [0.2, 0.25) is 5.91 Å². The van der Waals surface area contributed by atoms with Crippen LogP contribution in [0.5, 0.6) is 0 Å². The number of rotatable bonds is 8. The van der Waals surface area contributed by atoms with Gasteiger partial charge in [-0.2, -0.15) is 5.10 Å². The van der Waals surface area contributed by atoms with Crippen molar-refractivity contribution in [2.75, 3.05) is 17.2 Å². The van der Waals surface area contributed by atoms with Crippen molar-refractivity contribution in [3.05, 3.63) is 72.2 Å². The quantitative estimate of drug-likeness (QED) is 0.439. The number of carboxylic acids is 1. The highest BCUT2D eigenvalue weighted by Gasteiger charge is 2.33. The molecule has 1 atom stereocenters. The number of pyridine rings is 1. The van der Waals surface area contributed by atoms with Crippen LogP contribution in [0.15, 0.2) is 60.9 Å². The van der Waals surface area contributed by atoms with Crippen LogP contribution in [0.1, 0.15) is 44.0 Å². The van der Waals surface area contributed by atoms with Crippen molar-refractivity contribution in [2.45, 2.75) is 45.7 Å². The molecule has 3 aromatic rings. The number of aliphatic carboxylic acids is 1. The number of nitrogens with zero attached hydrogens (tertiary/aromatic N) is 4. The molecule has 1 fully saturated rings. The lowest BCUT2D eigenvalue weighted by Gasteiger charge is -2.24. The highest BCUT2D eigenvalue weighted by Crippen LogP contribution is 2.32. The molecule has 3 N–H and O–H groups in total. The molecule has 0 aliphatic carbocycles. The number of hydrogen-bond acceptors (Lipinski definition) is 5. The third-order valence-corrected chi connectivity index (χ3v) is 6.17. The molecule has 4 rings (SSSR count). The SMILES string of the molecule is CC(C)(Cn1ccc(C2CCCN2C(=O)Cc2ccc(NC(=O)Nc3ccccc3)nc2)n1)C(=O)O. The maximum atomic E-state index is 13.1. The van der Waals surface area contributed by atoms with Gasteiger partial charge >= 0.3 is 12.0 Å². The first-order chi connectivity index (χ1) is 17.2. The Bertz CT molecular complexity index is 1220. The Balaban J connectivity index is 1.34. The molecule has 10 nitrogen and oxygen atoms in total. The average Bonchev–Trinajstić information content (AvgIpc) is 3.50. The van der Waals surface area contributed by atoms with Gasteiger partial charge in [-0.3, -0.25) is 19.6 Å². The van der Waals surface area contributed by atoms with Crippen molar-refractivity contribution in [2.24, 2.45) is 5.41 Å². The average molecular weight is 491 g/mol. The summed E-state index contributed by atoms with van der Waals surface area (Å²) >= 11 is 0. The number of carboxylic acid groups (broad SMARTS) is 1. The number of urea groups is 1. The zero-order chi connectivity index (χ0) is 25.7. The topological polar surface area (TPSA) is 129 Å². The van der Waals surface area contributed by atoms with Gasteiger partial charge in [0.05, 0.1) is 30.1 Å². The lowest BCUT2D eigenvalue weighted by Crippen LogP contribution is -2.32. The highest BCUT2D eigenvalue weighted by atomic mass is 16.4. The third kappa shape index (κ3) is 6.07.